The van der Waals surface area contributed by atoms with Crippen LogP contribution in [0.2, 0.25) is 5.02 Å². The van der Waals surface area contributed by atoms with Crippen LogP contribution in [0.1, 0.15) is 6.42 Å². The minimum Gasteiger partial charge on any atom is -0.494 e. The first-order chi connectivity index (χ1) is 16.6. The van der Waals surface area contributed by atoms with Crippen LogP contribution in [-0.4, -0.2) is 61.2 Å². The number of hydrogen-bond donors (Lipinski definition) is 0. The quantitative estimate of drug-likeness (QED) is 0.292. The average Bonchev–Trinajstić information content (AvgIpc) is 3.28. The Labute approximate surface area is 204 Å². The van der Waals surface area contributed by atoms with Gasteiger partial charge in [0.05, 0.1) is 6.61 Å². The van der Waals surface area contributed by atoms with Gasteiger partial charge >= 0.3 is 0 Å². The SMILES string of the molecule is CN1CCN(CCCOc2ccc(-c3nc4cc(Oc5ccc(Cl)cc5)ccc4o3)cc2)CC1. The van der Waals surface area contributed by atoms with Gasteiger partial charge in [-0.3, -0.25) is 0 Å². The van der Waals surface area contributed by atoms with Crippen LogP contribution in [0.25, 0.3) is 22.6 Å². The van der Waals surface area contributed by atoms with E-state index in [2.05, 4.69) is 21.8 Å². The van der Waals surface area contributed by atoms with Crippen molar-refractivity contribution in [2.45, 2.75) is 6.42 Å². The molecule has 0 N–H and O–H groups in total. The molecular formula is C27H28ClN3O3. The van der Waals surface area contributed by atoms with E-state index < -0.39 is 0 Å². The number of rotatable bonds is 8. The lowest BCUT2D eigenvalue weighted by molar-refractivity contribution is 0.145. The number of ether oxygens (including phenoxy) is 2. The van der Waals surface area contributed by atoms with E-state index in [9.17, 15) is 0 Å². The summed E-state index contributed by atoms with van der Waals surface area (Å²) in [5.74, 6) is 2.83. The summed E-state index contributed by atoms with van der Waals surface area (Å²) in [5.41, 5.74) is 2.36. The molecule has 0 bridgehead atoms. The fourth-order valence-corrected chi connectivity index (χ4v) is 4.10. The lowest BCUT2D eigenvalue weighted by atomic mass is 10.2. The van der Waals surface area contributed by atoms with E-state index >= 15 is 0 Å². The molecule has 6 nitrogen and oxygen atoms in total. The summed E-state index contributed by atoms with van der Waals surface area (Å²) in [4.78, 5) is 9.52. The third-order valence-electron chi connectivity index (χ3n) is 5.99. The minimum atomic E-state index is 0.570. The van der Waals surface area contributed by atoms with Crippen molar-refractivity contribution in [2.75, 3.05) is 46.4 Å². The van der Waals surface area contributed by atoms with Gasteiger partial charge in [0.1, 0.15) is 22.8 Å². The predicted molar refractivity (Wildman–Crippen MR) is 135 cm³/mol. The molecule has 34 heavy (non-hydrogen) atoms. The molecule has 5 rings (SSSR count). The van der Waals surface area contributed by atoms with Gasteiger partial charge in [-0.05, 0) is 74.1 Å². The van der Waals surface area contributed by atoms with Crippen LogP contribution in [0.4, 0.5) is 0 Å². The molecule has 1 aliphatic rings. The molecule has 2 heterocycles. The molecule has 1 saturated heterocycles. The molecule has 0 atom stereocenters. The van der Waals surface area contributed by atoms with Gasteiger partial charge in [0.2, 0.25) is 5.89 Å². The summed E-state index contributed by atoms with van der Waals surface area (Å²) in [7, 11) is 2.18. The predicted octanol–water partition coefficient (Wildman–Crippen LogP) is 5.96. The van der Waals surface area contributed by atoms with Crippen molar-refractivity contribution in [3.8, 4) is 28.7 Å². The molecular weight excluding hydrogens is 450 g/mol. The van der Waals surface area contributed by atoms with Gasteiger partial charge in [-0.2, -0.15) is 0 Å². The Bertz CT molecular complexity index is 1220. The van der Waals surface area contributed by atoms with Gasteiger partial charge in [0.25, 0.3) is 0 Å². The number of fused-ring (bicyclic) bond motifs is 1. The van der Waals surface area contributed by atoms with Gasteiger partial charge in [0.15, 0.2) is 5.58 Å². The van der Waals surface area contributed by atoms with E-state index in [4.69, 9.17) is 25.5 Å². The number of hydrogen-bond acceptors (Lipinski definition) is 6. The van der Waals surface area contributed by atoms with Crippen molar-refractivity contribution >= 4 is 22.7 Å². The van der Waals surface area contributed by atoms with E-state index in [1.807, 2.05) is 54.6 Å². The first-order valence-electron chi connectivity index (χ1n) is 11.6. The number of aromatic nitrogens is 1. The molecule has 0 aliphatic carbocycles. The van der Waals surface area contributed by atoms with Crippen LogP contribution in [0, 0.1) is 0 Å². The number of nitrogens with zero attached hydrogens (tertiary/aromatic N) is 3. The third kappa shape index (κ3) is 5.70. The zero-order chi connectivity index (χ0) is 23.3. The van der Waals surface area contributed by atoms with E-state index in [1.54, 1.807) is 12.1 Å². The molecule has 176 valence electrons. The minimum absolute atomic E-state index is 0.570. The fraction of sp³-hybridized carbons (Fsp3) is 0.296. The highest BCUT2D eigenvalue weighted by molar-refractivity contribution is 6.30. The monoisotopic (exact) mass is 477 g/mol. The summed E-state index contributed by atoms with van der Waals surface area (Å²) >= 11 is 5.94. The third-order valence-corrected chi connectivity index (χ3v) is 6.24. The lowest BCUT2D eigenvalue weighted by Gasteiger charge is -2.32. The average molecular weight is 478 g/mol. The second kappa shape index (κ2) is 10.5. The number of likely N-dealkylation sites (N-methyl/N-ethyl adjacent to an activating group) is 1. The van der Waals surface area contributed by atoms with Crippen molar-refractivity contribution in [1.29, 1.82) is 0 Å². The van der Waals surface area contributed by atoms with E-state index in [0.717, 1.165) is 56.0 Å². The first kappa shape index (κ1) is 22.7. The molecule has 1 fully saturated rings. The standard InChI is InChI=1S/C27H28ClN3O3/c1-30-14-16-31(17-15-30)13-2-18-32-22-7-3-20(4-8-22)27-29-25-19-24(11-12-26(25)34-27)33-23-9-5-21(28)6-10-23/h3-12,19H,2,13-18H2,1H3. The maximum Gasteiger partial charge on any atom is 0.227 e. The molecule has 7 heteroatoms. The maximum absolute atomic E-state index is 5.95. The molecule has 0 spiro atoms. The van der Waals surface area contributed by atoms with Crippen LogP contribution in [-0.2, 0) is 0 Å². The Hall–Kier alpha value is -3.06. The van der Waals surface area contributed by atoms with Crippen molar-refractivity contribution in [3.63, 3.8) is 0 Å². The Morgan fingerprint density at radius 2 is 1.59 bits per heavy atom. The summed E-state index contributed by atoms with van der Waals surface area (Å²) in [6.07, 6.45) is 1.02. The van der Waals surface area contributed by atoms with Crippen molar-refractivity contribution < 1.29 is 13.9 Å². The highest BCUT2D eigenvalue weighted by Gasteiger charge is 2.13. The van der Waals surface area contributed by atoms with Crippen LogP contribution in [0.15, 0.2) is 71.1 Å². The zero-order valence-electron chi connectivity index (χ0n) is 19.2. The Morgan fingerprint density at radius 3 is 2.35 bits per heavy atom. The normalized spacial score (nSPS) is 15.0. The molecule has 4 aromatic rings. The van der Waals surface area contributed by atoms with Crippen molar-refractivity contribution in [1.82, 2.24) is 14.8 Å². The van der Waals surface area contributed by atoms with Gasteiger partial charge in [-0.15, -0.1) is 0 Å². The topological polar surface area (TPSA) is 51.0 Å². The van der Waals surface area contributed by atoms with Crippen LogP contribution < -0.4 is 9.47 Å². The number of halogens is 1. The Morgan fingerprint density at radius 1 is 0.882 bits per heavy atom. The fourth-order valence-electron chi connectivity index (χ4n) is 3.98. The number of piperazine rings is 1. The number of oxazole rings is 1. The maximum atomic E-state index is 5.95. The van der Waals surface area contributed by atoms with Gasteiger partial charge in [-0.1, -0.05) is 11.6 Å². The zero-order valence-corrected chi connectivity index (χ0v) is 20.0. The number of benzene rings is 3. The molecule has 0 saturated carbocycles. The molecule has 0 unspecified atom stereocenters. The van der Waals surface area contributed by atoms with Gasteiger partial charge in [-0.25, -0.2) is 4.98 Å². The Balaban J connectivity index is 1.17. The largest absolute Gasteiger partial charge is 0.494 e. The smallest absolute Gasteiger partial charge is 0.227 e. The van der Waals surface area contributed by atoms with Crippen LogP contribution in [0.5, 0.6) is 17.2 Å². The van der Waals surface area contributed by atoms with Crippen molar-refractivity contribution in [2.24, 2.45) is 0 Å². The second-order valence-corrected chi connectivity index (χ2v) is 9.01. The molecule has 0 amide bonds. The molecule has 0 radical (unpaired) electrons. The molecule has 1 aliphatic heterocycles. The van der Waals surface area contributed by atoms with E-state index in [1.165, 1.54) is 0 Å². The van der Waals surface area contributed by atoms with Crippen LogP contribution >= 0.6 is 11.6 Å². The summed E-state index contributed by atoms with van der Waals surface area (Å²) in [6, 6.07) is 20.7. The van der Waals surface area contributed by atoms with Gasteiger partial charge in [0, 0.05) is 49.4 Å². The van der Waals surface area contributed by atoms with E-state index in [-0.39, 0.29) is 0 Å². The molecule has 3 aromatic carbocycles. The summed E-state index contributed by atoms with van der Waals surface area (Å²) in [5, 5.41) is 0.672. The highest BCUT2D eigenvalue weighted by atomic mass is 35.5. The highest BCUT2D eigenvalue weighted by Crippen LogP contribution is 2.30. The molecule has 1 aromatic heterocycles. The Kier molecular flexibility index (Phi) is 7.00. The summed E-state index contributed by atoms with van der Waals surface area (Å²) in [6.45, 7) is 6.38. The van der Waals surface area contributed by atoms with Crippen molar-refractivity contribution in [3.05, 3.63) is 71.8 Å². The first-order valence-corrected chi connectivity index (χ1v) is 12.0. The van der Waals surface area contributed by atoms with E-state index in [0.29, 0.717) is 34.6 Å². The van der Waals surface area contributed by atoms with Crippen LogP contribution in [0.3, 0.4) is 0 Å². The lowest BCUT2D eigenvalue weighted by Crippen LogP contribution is -2.44. The second-order valence-electron chi connectivity index (χ2n) is 8.58. The summed E-state index contributed by atoms with van der Waals surface area (Å²) < 4.78 is 17.8. The van der Waals surface area contributed by atoms with Gasteiger partial charge < -0.3 is 23.7 Å².